The van der Waals surface area contributed by atoms with Crippen LogP contribution < -0.4 is 0 Å². The van der Waals surface area contributed by atoms with Crippen LogP contribution in [0, 0.1) is 22.9 Å². The molecule has 0 aliphatic heterocycles. The van der Waals surface area contributed by atoms with E-state index in [1.807, 2.05) is 0 Å². The minimum Gasteiger partial charge on any atom is -0.385 e. The standard InChI is InChI=1S/C12H14BrF3O/c1-11(2,3)12(4,17)6-5-7(13)9(15)10(16)8(6)14/h5,17H,1-4H3. The lowest BCUT2D eigenvalue weighted by molar-refractivity contribution is -0.0503. The first-order valence-electron chi connectivity index (χ1n) is 5.06. The van der Waals surface area contributed by atoms with E-state index in [2.05, 4.69) is 15.9 Å². The lowest BCUT2D eigenvalue weighted by atomic mass is 9.73. The largest absolute Gasteiger partial charge is 0.385 e. The fourth-order valence-electron chi connectivity index (χ4n) is 1.33. The summed E-state index contributed by atoms with van der Waals surface area (Å²) in [5.41, 5.74) is -2.61. The van der Waals surface area contributed by atoms with Crippen LogP contribution in [-0.2, 0) is 5.60 Å². The average molecular weight is 311 g/mol. The van der Waals surface area contributed by atoms with Crippen molar-refractivity contribution in [2.75, 3.05) is 0 Å². The van der Waals surface area contributed by atoms with Gasteiger partial charge in [-0.1, -0.05) is 20.8 Å². The monoisotopic (exact) mass is 310 g/mol. The predicted molar refractivity (Wildman–Crippen MR) is 63.0 cm³/mol. The van der Waals surface area contributed by atoms with Gasteiger partial charge in [0.05, 0.1) is 10.1 Å². The number of halogens is 4. The van der Waals surface area contributed by atoms with Gasteiger partial charge in [0.15, 0.2) is 17.5 Å². The summed E-state index contributed by atoms with van der Waals surface area (Å²) < 4.78 is 39.9. The molecule has 0 saturated heterocycles. The molecule has 96 valence electrons. The molecule has 0 aliphatic rings. The van der Waals surface area contributed by atoms with E-state index in [0.717, 1.165) is 6.07 Å². The zero-order valence-electron chi connectivity index (χ0n) is 10.0. The van der Waals surface area contributed by atoms with Gasteiger partial charge in [0.25, 0.3) is 0 Å². The smallest absolute Gasteiger partial charge is 0.195 e. The van der Waals surface area contributed by atoms with E-state index in [1.165, 1.54) is 6.92 Å². The highest BCUT2D eigenvalue weighted by Gasteiger charge is 2.40. The first-order valence-corrected chi connectivity index (χ1v) is 5.85. The maximum Gasteiger partial charge on any atom is 0.195 e. The SMILES string of the molecule is CC(C)(C)C(C)(O)c1cc(Br)c(F)c(F)c1F. The first-order chi connectivity index (χ1) is 7.50. The van der Waals surface area contributed by atoms with E-state index >= 15 is 0 Å². The number of rotatable bonds is 1. The van der Waals surface area contributed by atoms with Gasteiger partial charge in [-0.3, -0.25) is 0 Å². The molecule has 0 spiro atoms. The van der Waals surface area contributed by atoms with Crippen LogP contribution in [0.15, 0.2) is 10.5 Å². The molecule has 1 nitrogen and oxygen atoms in total. The van der Waals surface area contributed by atoms with Crippen molar-refractivity contribution >= 4 is 15.9 Å². The molecule has 0 saturated carbocycles. The second kappa shape index (κ2) is 4.28. The zero-order chi connectivity index (χ0) is 13.6. The Bertz CT molecular complexity index is 450. The van der Waals surface area contributed by atoms with Crippen molar-refractivity contribution in [2.45, 2.75) is 33.3 Å². The first kappa shape index (κ1) is 14.5. The highest BCUT2D eigenvalue weighted by Crippen LogP contribution is 2.41. The summed E-state index contributed by atoms with van der Waals surface area (Å²) in [4.78, 5) is 0. The Morgan fingerprint density at radius 2 is 1.47 bits per heavy atom. The molecule has 1 aromatic carbocycles. The van der Waals surface area contributed by atoms with E-state index in [0.29, 0.717) is 0 Å². The molecule has 1 atom stereocenters. The van der Waals surface area contributed by atoms with Crippen molar-refractivity contribution in [1.29, 1.82) is 0 Å². The molecule has 0 radical (unpaired) electrons. The number of hydrogen-bond acceptors (Lipinski definition) is 1. The lowest BCUT2D eigenvalue weighted by Crippen LogP contribution is -2.38. The Kier molecular flexibility index (Phi) is 3.65. The molecule has 1 aromatic rings. The van der Waals surface area contributed by atoms with Crippen molar-refractivity contribution in [1.82, 2.24) is 0 Å². The van der Waals surface area contributed by atoms with Crippen molar-refractivity contribution < 1.29 is 18.3 Å². The summed E-state index contributed by atoms with van der Waals surface area (Å²) in [6, 6.07) is 1.07. The van der Waals surface area contributed by atoms with Crippen LogP contribution in [0.3, 0.4) is 0 Å². The van der Waals surface area contributed by atoms with E-state index in [9.17, 15) is 18.3 Å². The second-order valence-corrected chi connectivity index (χ2v) is 6.02. The zero-order valence-corrected chi connectivity index (χ0v) is 11.6. The summed E-state index contributed by atoms with van der Waals surface area (Å²) in [5.74, 6) is -4.24. The Balaban J connectivity index is 3.54. The van der Waals surface area contributed by atoms with E-state index in [1.54, 1.807) is 20.8 Å². The fourth-order valence-corrected chi connectivity index (χ4v) is 1.73. The van der Waals surface area contributed by atoms with Gasteiger partial charge in [-0.2, -0.15) is 0 Å². The van der Waals surface area contributed by atoms with Crippen LogP contribution in [0.25, 0.3) is 0 Å². The van der Waals surface area contributed by atoms with Gasteiger partial charge in [0.2, 0.25) is 0 Å². The molecule has 0 bridgehead atoms. The molecule has 17 heavy (non-hydrogen) atoms. The van der Waals surface area contributed by atoms with Crippen LogP contribution in [0.5, 0.6) is 0 Å². The van der Waals surface area contributed by atoms with Crippen LogP contribution in [0.2, 0.25) is 0 Å². The molecule has 0 heterocycles. The third-order valence-corrected chi connectivity index (χ3v) is 3.66. The molecule has 5 heteroatoms. The van der Waals surface area contributed by atoms with Crippen molar-refractivity contribution in [2.24, 2.45) is 5.41 Å². The minimum absolute atomic E-state index is 0.212. The molecule has 1 N–H and O–H groups in total. The maximum absolute atomic E-state index is 13.7. The van der Waals surface area contributed by atoms with Crippen molar-refractivity contribution in [3.05, 3.63) is 33.6 Å². The number of aliphatic hydroxyl groups is 1. The van der Waals surface area contributed by atoms with Gasteiger partial charge < -0.3 is 5.11 Å². The quantitative estimate of drug-likeness (QED) is 0.611. The Morgan fingerprint density at radius 1 is 1.00 bits per heavy atom. The number of hydrogen-bond donors (Lipinski definition) is 1. The maximum atomic E-state index is 13.7. The fraction of sp³-hybridized carbons (Fsp3) is 0.500. The van der Waals surface area contributed by atoms with E-state index < -0.39 is 28.5 Å². The minimum atomic E-state index is -1.62. The van der Waals surface area contributed by atoms with Crippen LogP contribution in [-0.4, -0.2) is 5.11 Å². The molecule has 1 unspecified atom stereocenters. The summed E-state index contributed by atoms with van der Waals surface area (Å²) >= 11 is 2.80. The van der Waals surface area contributed by atoms with E-state index in [-0.39, 0.29) is 10.0 Å². The summed E-state index contributed by atoms with van der Waals surface area (Å²) in [6.45, 7) is 6.42. The van der Waals surface area contributed by atoms with Crippen molar-refractivity contribution in [3.8, 4) is 0 Å². The average Bonchev–Trinajstić information content (AvgIpc) is 2.18. The third-order valence-electron chi connectivity index (χ3n) is 3.09. The van der Waals surface area contributed by atoms with Crippen LogP contribution in [0.4, 0.5) is 13.2 Å². The van der Waals surface area contributed by atoms with E-state index in [4.69, 9.17) is 0 Å². The normalized spacial score (nSPS) is 15.8. The topological polar surface area (TPSA) is 20.2 Å². The van der Waals surface area contributed by atoms with Gasteiger partial charge in [0.1, 0.15) is 0 Å². The molecule has 0 aromatic heterocycles. The second-order valence-electron chi connectivity index (χ2n) is 5.17. The predicted octanol–water partition coefficient (Wildman–Crippen LogP) is 4.12. The van der Waals surface area contributed by atoms with Crippen molar-refractivity contribution in [3.63, 3.8) is 0 Å². The third kappa shape index (κ3) is 2.36. The molecule has 0 fully saturated rings. The molecule has 0 aliphatic carbocycles. The van der Waals surface area contributed by atoms with Crippen LogP contribution >= 0.6 is 15.9 Å². The Morgan fingerprint density at radius 3 is 1.88 bits per heavy atom. The van der Waals surface area contributed by atoms with Gasteiger partial charge in [-0.05, 0) is 34.3 Å². The molecule has 1 rings (SSSR count). The van der Waals surface area contributed by atoms with Gasteiger partial charge in [-0.15, -0.1) is 0 Å². The lowest BCUT2D eigenvalue weighted by Gasteiger charge is -2.37. The Labute approximate surface area is 107 Å². The Hall–Kier alpha value is -0.550. The van der Waals surface area contributed by atoms with Gasteiger partial charge >= 0.3 is 0 Å². The summed E-state index contributed by atoms with van der Waals surface area (Å²) in [5, 5.41) is 10.3. The summed E-state index contributed by atoms with van der Waals surface area (Å²) in [6.07, 6.45) is 0. The number of benzene rings is 1. The van der Waals surface area contributed by atoms with Crippen LogP contribution in [0.1, 0.15) is 33.3 Å². The molecular formula is C12H14BrF3O. The highest BCUT2D eigenvalue weighted by molar-refractivity contribution is 9.10. The molecule has 0 amide bonds. The van der Waals surface area contributed by atoms with Gasteiger partial charge in [0, 0.05) is 5.56 Å². The van der Waals surface area contributed by atoms with Gasteiger partial charge in [-0.25, -0.2) is 13.2 Å². The molecular weight excluding hydrogens is 297 g/mol. The summed E-state index contributed by atoms with van der Waals surface area (Å²) in [7, 11) is 0. The highest BCUT2D eigenvalue weighted by atomic mass is 79.9.